The molecule has 4 aromatic rings. The van der Waals surface area contributed by atoms with E-state index >= 15 is 0 Å². The van der Waals surface area contributed by atoms with E-state index in [0.29, 0.717) is 0 Å². The highest BCUT2D eigenvalue weighted by atomic mass is 32.1. The molecule has 0 radical (unpaired) electrons. The smallest absolute Gasteiger partial charge is 0.162 e. The summed E-state index contributed by atoms with van der Waals surface area (Å²) in [6, 6.07) is 8.19. The molecule has 0 spiro atoms. The Hall–Kier alpha value is -2.27. The second-order valence-electron chi connectivity index (χ2n) is 4.36. The van der Waals surface area contributed by atoms with Crippen LogP contribution in [0.25, 0.3) is 27.0 Å². The van der Waals surface area contributed by atoms with Gasteiger partial charge in [-0.1, -0.05) is 6.07 Å². The summed E-state index contributed by atoms with van der Waals surface area (Å²) in [6.45, 7) is 2.03. The lowest BCUT2D eigenvalue weighted by Gasteiger charge is -1.98. The van der Waals surface area contributed by atoms with E-state index in [2.05, 4.69) is 33.3 Å². The molecule has 4 rings (SSSR count). The van der Waals surface area contributed by atoms with Gasteiger partial charge in [-0.15, -0.1) is 11.3 Å². The molecule has 5 heteroatoms. The molecule has 92 valence electrons. The van der Waals surface area contributed by atoms with Gasteiger partial charge < -0.3 is 0 Å². The Morgan fingerprint density at radius 1 is 1.26 bits per heavy atom. The molecule has 1 aromatic carbocycles. The third-order valence-corrected chi connectivity index (χ3v) is 4.04. The molecule has 3 aromatic heterocycles. The first-order valence-corrected chi connectivity index (χ1v) is 6.79. The van der Waals surface area contributed by atoms with Gasteiger partial charge in [-0.3, -0.25) is 0 Å². The second-order valence-corrected chi connectivity index (χ2v) is 5.60. The average molecular weight is 266 g/mol. The highest BCUT2D eigenvalue weighted by Gasteiger charge is 2.09. The van der Waals surface area contributed by atoms with E-state index in [4.69, 9.17) is 0 Å². The quantitative estimate of drug-likeness (QED) is 0.531. The van der Waals surface area contributed by atoms with Crippen molar-refractivity contribution in [2.24, 2.45) is 0 Å². The number of rotatable bonds is 1. The molecule has 0 fully saturated rings. The number of hydrogen-bond acceptors (Lipinski definition) is 4. The fraction of sp³-hybridized carbons (Fsp3) is 0.0714. The van der Waals surface area contributed by atoms with Gasteiger partial charge in [-0.2, -0.15) is 5.10 Å². The van der Waals surface area contributed by atoms with Crippen LogP contribution in [0.2, 0.25) is 0 Å². The molecule has 0 atom stereocenters. The Labute approximate surface area is 113 Å². The first-order valence-electron chi connectivity index (χ1n) is 5.97. The van der Waals surface area contributed by atoms with Gasteiger partial charge in [0.1, 0.15) is 0 Å². The Bertz CT molecular complexity index is 891. The van der Waals surface area contributed by atoms with Gasteiger partial charge >= 0.3 is 0 Å². The van der Waals surface area contributed by atoms with Crippen molar-refractivity contribution in [2.75, 3.05) is 0 Å². The number of hydrogen-bond donors (Lipinski definition) is 0. The van der Waals surface area contributed by atoms with E-state index in [1.54, 1.807) is 22.0 Å². The molecule has 19 heavy (non-hydrogen) atoms. The number of nitrogens with zero attached hydrogens (tertiary/aromatic N) is 4. The van der Waals surface area contributed by atoms with Crippen LogP contribution in [0.15, 0.2) is 42.9 Å². The summed E-state index contributed by atoms with van der Waals surface area (Å²) < 4.78 is 3.00. The zero-order chi connectivity index (χ0) is 12.8. The molecule has 0 aliphatic heterocycles. The molecule has 0 unspecified atom stereocenters. The Kier molecular flexibility index (Phi) is 2.16. The predicted octanol–water partition coefficient (Wildman–Crippen LogP) is 3.31. The molecule has 0 aliphatic carbocycles. The molecule has 0 amide bonds. The summed E-state index contributed by atoms with van der Waals surface area (Å²) in [7, 11) is 0. The van der Waals surface area contributed by atoms with Gasteiger partial charge in [0.2, 0.25) is 0 Å². The number of aryl methyl sites for hydroxylation is 1. The van der Waals surface area contributed by atoms with Crippen LogP contribution in [0.1, 0.15) is 5.01 Å². The number of benzene rings is 1. The Balaban J connectivity index is 1.98. The minimum atomic E-state index is 0.869. The molecule has 0 saturated carbocycles. The highest BCUT2D eigenvalue weighted by molar-refractivity contribution is 7.18. The summed E-state index contributed by atoms with van der Waals surface area (Å²) >= 11 is 1.71. The number of fused-ring (bicyclic) bond motifs is 2. The van der Waals surface area contributed by atoms with E-state index < -0.39 is 0 Å². The van der Waals surface area contributed by atoms with Gasteiger partial charge in [0.25, 0.3) is 0 Å². The van der Waals surface area contributed by atoms with Crippen molar-refractivity contribution in [1.29, 1.82) is 0 Å². The van der Waals surface area contributed by atoms with Crippen LogP contribution >= 0.6 is 11.3 Å². The lowest BCUT2D eigenvalue weighted by molar-refractivity contribution is 0.939. The average Bonchev–Trinajstić information content (AvgIpc) is 2.99. The van der Waals surface area contributed by atoms with Gasteiger partial charge in [0, 0.05) is 18.0 Å². The van der Waals surface area contributed by atoms with E-state index in [-0.39, 0.29) is 0 Å². The largest absolute Gasteiger partial charge is 0.241 e. The first kappa shape index (κ1) is 10.6. The maximum atomic E-state index is 4.53. The zero-order valence-corrected chi connectivity index (χ0v) is 11.1. The van der Waals surface area contributed by atoms with Crippen molar-refractivity contribution in [1.82, 2.24) is 19.6 Å². The molecule has 0 N–H and O–H groups in total. The van der Waals surface area contributed by atoms with Crippen LogP contribution < -0.4 is 0 Å². The maximum Gasteiger partial charge on any atom is 0.162 e. The first-order chi connectivity index (χ1) is 9.31. The third kappa shape index (κ3) is 1.62. The fourth-order valence-corrected chi connectivity index (χ4v) is 3.05. The standard InChI is InChI=1S/C14H10N4S/c1-9-17-12-7-10(3-4-13(12)19-9)11-8-16-18-6-2-5-15-14(11)18/h2-8H,1H3. The van der Waals surface area contributed by atoms with E-state index in [9.17, 15) is 0 Å². The normalized spacial score (nSPS) is 11.4. The van der Waals surface area contributed by atoms with Crippen LogP contribution in [0.5, 0.6) is 0 Å². The molecular weight excluding hydrogens is 256 g/mol. The molecule has 4 nitrogen and oxygen atoms in total. The van der Waals surface area contributed by atoms with Gasteiger partial charge in [0.05, 0.1) is 21.4 Å². The molecule has 0 bridgehead atoms. The lowest BCUT2D eigenvalue weighted by atomic mass is 10.1. The molecule has 3 heterocycles. The Morgan fingerprint density at radius 3 is 3.16 bits per heavy atom. The van der Waals surface area contributed by atoms with Crippen LogP contribution in [-0.4, -0.2) is 19.6 Å². The van der Waals surface area contributed by atoms with Crippen molar-refractivity contribution >= 4 is 27.2 Å². The Morgan fingerprint density at radius 2 is 2.21 bits per heavy atom. The van der Waals surface area contributed by atoms with Crippen LogP contribution in [0.4, 0.5) is 0 Å². The van der Waals surface area contributed by atoms with Gasteiger partial charge in [-0.25, -0.2) is 14.5 Å². The monoisotopic (exact) mass is 266 g/mol. The van der Waals surface area contributed by atoms with Crippen molar-refractivity contribution in [3.63, 3.8) is 0 Å². The van der Waals surface area contributed by atoms with E-state index in [1.807, 2.05) is 25.4 Å². The summed E-state index contributed by atoms with van der Waals surface area (Å²) in [4.78, 5) is 8.92. The number of thiazole rings is 1. The molecule has 0 aliphatic rings. The topological polar surface area (TPSA) is 43.1 Å². The second kappa shape index (κ2) is 3.86. The van der Waals surface area contributed by atoms with Crippen LogP contribution in [0, 0.1) is 6.92 Å². The summed E-state index contributed by atoms with van der Waals surface area (Å²) in [6.07, 6.45) is 5.53. The minimum Gasteiger partial charge on any atom is -0.241 e. The highest BCUT2D eigenvalue weighted by Crippen LogP contribution is 2.29. The maximum absolute atomic E-state index is 4.53. The van der Waals surface area contributed by atoms with Crippen molar-refractivity contribution in [3.05, 3.63) is 47.9 Å². The van der Waals surface area contributed by atoms with Crippen molar-refractivity contribution in [3.8, 4) is 11.1 Å². The van der Waals surface area contributed by atoms with Gasteiger partial charge in [0.15, 0.2) is 5.65 Å². The van der Waals surface area contributed by atoms with Crippen LogP contribution in [-0.2, 0) is 0 Å². The lowest BCUT2D eigenvalue weighted by Crippen LogP contribution is -1.87. The zero-order valence-electron chi connectivity index (χ0n) is 10.2. The number of aromatic nitrogens is 4. The van der Waals surface area contributed by atoms with Gasteiger partial charge in [-0.05, 0) is 30.7 Å². The summed E-state index contributed by atoms with van der Waals surface area (Å²) in [5.41, 5.74) is 4.05. The summed E-state index contributed by atoms with van der Waals surface area (Å²) in [5.74, 6) is 0. The fourth-order valence-electron chi connectivity index (χ4n) is 2.24. The minimum absolute atomic E-state index is 0.869. The molecule has 0 saturated heterocycles. The SMILES string of the molecule is Cc1nc2cc(-c3cnn4cccnc34)ccc2s1. The third-order valence-electron chi connectivity index (χ3n) is 3.08. The molecular formula is C14H10N4S. The van der Waals surface area contributed by atoms with Crippen molar-refractivity contribution in [2.45, 2.75) is 6.92 Å². The van der Waals surface area contributed by atoms with E-state index in [0.717, 1.165) is 27.3 Å². The summed E-state index contributed by atoms with van der Waals surface area (Å²) in [5, 5.41) is 5.40. The van der Waals surface area contributed by atoms with Crippen LogP contribution in [0.3, 0.4) is 0 Å². The van der Waals surface area contributed by atoms with Crippen molar-refractivity contribution < 1.29 is 0 Å². The van der Waals surface area contributed by atoms with E-state index in [1.165, 1.54) is 4.70 Å². The predicted molar refractivity (Wildman–Crippen MR) is 76.3 cm³/mol.